The van der Waals surface area contributed by atoms with Gasteiger partial charge in [-0.3, -0.25) is 4.79 Å². The lowest BCUT2D eigenvalue weighted by Crippen LogP contribution is -2.25. The Balaban J connectivity index is 2.17. The molecule has 0 heterocycles. The molecule has 1 amide bonds. The number of hydrogen-bond donors (Lipinski definition) is 3. The molecule has 1 fully saturated rings. The molecule has 1 aliphatic carbocycles. The van der Waals surface area contributed by atoms with E-state index in [0.29, 0.717) is 11.7 Å². The highest BCUT2D eigenvalue weighted by Crippen LogP contribution is 2.23. The monoisotopic (exact) mass is 192 g/mol. The summed E-state index contributed by atoms with van der Waals surface area (Å²) < 4.78 is 0. The van der Waals surface area contributed by atoms with E-state index in [1.54, 1.807) is 6.07 Å². The molecule has 4 N–H and O–H groups in total. The van der Waals surface area contributed by atoms with Gasteiger partial charge in [0.05, 0.1) is 5.56 Å². The highest BCUT2D eigenvalue weighted by molar-refractivity contribution is 5.97. The van der Waals surface area contributed by atoms with E-state index in [4.69, 9.17) is 5.73 Å². The van der Waals surface area contributed by atoms with E-state index in [2.05, 4.69) is 5.32 Å². The average Bonchev–Trinajstić information content (AvgIpc) is 2.87. The molecule has 0 atom stereocenters. The number of nitrogens with two attached hydrogens (primary N) is 1. The van der Waals surface area contributed by atoms with Crippen LogP contribution in [0.5, 0.6) is 5.75 Å². The van der Waals surface area contributed by atoms with Crippen LogP contribution < -0.4 is 11.1 Å². The van der Waals surface area contributed by atoms with Gasteiger partial charge in [-0.1, -0.05) is 0 Å². The summed E-state index contributed by atoms with van der Waals surface area (Å²) >= 11 is 0. The lowest BCUT2D eigenvalue weighted by atomic mass is 10.1. The van der Waals surface area contributed by atoms with Crippen LogP contribution in [-0.2, 0) is 0 Å². The van der Waals surface area contributed by atoms with Gasteiger partial charge in [0.2, 0.25) is 0 Å². The van der Waals surface area contributed by atoms with Crippen molar-refractivity contribution < 1.29 is 9.90 Å². The maximum atomic E-state index is 11.5. The smallest absolute Gasteiger partial charge is 0.255 e. The topological polar surface area (TPSA) is 75.4 Å². The molecule has 0 aromatic heterocycles. The van der Waals surface area contributed by atoms with Crippen LogP contribution in [0.3, 0.4) is 0 Å². The molecule has 14 heavy (non-hydrogen) atoms. The van der Waals surface area contributed by atoms with Gasteiger partial charge in [0, 0.05) is 17.8 Å². The van der Waals surface area contributed by atoms with Crippen molar-refractivity contribution in [3.8, 4) is 5.75 Å². The molecule has 1 aromatic rings. The molecule has 0 aliphatic heterocycles. The van der Waals surface area contributed by atoms with Crippen LogP contribution in [0.1, 0.15) is 23.2 Å². The Morgan fingerprint density at radius 2 is 2.21 bits per heavy atom. The van der Waals surface area contributed by atoms with Crippen LogP contribution in [0.25, 0.3) is 0 Å². The van der Waals surface area contributed by atoms with Crippen molar-refractivity contribution in [3.05, 3.63) is 23.8 Å². The van der Waals surface area contributed by atoms with Gasteiger partial charge in [-0.05, 0) is 25.0 Å². The summed E-state index contributed by atoms with van der Waals surface area (Å²) in [5, 5.41) is 12.2. The number of phenols is 1. The standard InChI is InChI=1S/C10H12N2O2/c11-6-1-4-8(9(13)5-6)10(14)12-7-2-3-7/h1,4-5,7,13H,2-3,11H2,(H,12,14). The summed E-state index contributed by atoms with van der Waals surface area (Å²) in [6, 6.07) is 4.80. The normalized spacial score (nSPS) is 15.1. The van der Waals surface area contributed by atoms with Gasteiger partial charge < -0.3 is 16.2 Å². The number of carbonyl (C=O) groups is 1. The van der Waals surface area contributed by atoms with Crippen LogP contribution in [0.4, 0.5) is 5.69 Å². The minimum absolute atomic E-state index is 0.0665. The number of hydrogen-bond acceptors (Lipinski definition) is 3. The van der Waals surface area contributed by atoms with E-state index >= 15 is 0 Å². The van der Waals surface area contributed by atoms with Gasteiger partial charge in [0.15, 0.2) is 0 Å². The van der Waals surface area contributed by atoms with Crippen molar-refractivity contribution in [1.82, 2.24) is 5.32 Å². The van der Waals surface area contributed by atoms with E-state index in [1.807, 2.05) is 0 Å². The molecule has 74 valence electrons. The number of aromatic hydroxyl groups is 1. The fraction of sp³-hybridized carbons (Fsp3) is 0.300. The lowest BCUT2D eigenvalue weighted by Gasteiger charge is -2.05. The second-order valence-electron chi connectivity index (χ2n) is 3.52. The molecular formula is C10H12N2O2. The third kappa shape index (κ3) is 1.79. The Hall–Kier alpha value is -1.71. The van der Waals surface area contributed by atoms with Crippen molar-refractivity contribution in [2.45, 2.75) is 18.9 Å². The van der Waals surface area contributed by atoms with E-state index < -0.39 is 0 Å². The van der Waals surface area contributed by atoms with Gasteiger partial charge in [-0.25, -0.2) is 0 Å². The largest absolute Gasteiger partial charge is 0.507 e. The zero-order valence-corrected chi connectivity index (χ0v) is 7.66. The minimum atomic E-state index is -0.231. The summed E-state index contributed by atoms with van der Waals surface area (Å²) in [6.07, 6.45) is 2.06. The first-order valence-corrected chi connectivity index (χ1v) is 4.56. The quantitative estimate of drug-likeness (QED) is 0.608. The van der Waals surface area contributed by atoms with Crippen molar-refractivity contribution in [3.63, 3.8) is 0 Å². The van der Waals surface area contributed by atoms with Crippen molar-refractivity contribution in [1.29, 1.82) is 0 Å². The molecule has 4 heteroatoms. The molecule has 1 aromatic carbocycles. The van der Waals surface area contributed by atoms with Gasteiger partial charge in [0.1, 0.15) is 5.75 Å². The number of phenolic OH excluding ortho intramolecular Hbond substituents is 1. The number of nitrogens with one attached hydrogen (secondary N) is 1. The van der Waals surface area contributed by atoms with E-state index in [9.17, 15) is 9.90 Å². The molecule has 0 spiro atoms. The van der Waals surface area contributed by atoms with Crippen molar-refractivity contribution in [2.75, 3.05) is 5.73 Å². The van der Waals surface area contributed by atoms with Crippen LogP contribution >= 0.6 is 0 Å². The number of anilines is 1. The Morgan fingerprint density at radius 1 is 1.50 bits per heavy atom. The number of benzene rings is 1. The molecule has 0 saturated heterocycles. The molecule has 1 saturated carbocycles. The number of rotatable bonds is 2. The van der Waals surface area contributed by atoms with Crippen LogP contribution in [0.2, 0.25) is 0 Å². The minimum Gasteiger partial charge on any atom is -0.507 e. The third-order valence-electron chi connectivity index (χ3n) is 2.18. The maximum Gasteiger partial charge on any atom is 0.255 e. The Kier molecular flexibility index (Phi) is 2.04. The Labute approximate surface area is 81.7 Å². The first kappa shape index (κ1) is 8.87. The van der Waals surface area contributed by atoms with E-state index in [-0.39, 0.29) is 17.2 Å². The molecule has 0 radical (unpaired) electrons. The van der Waals surface area contributed by atoms with Gasteiger partial charge >= 0.3 is 0 Å². The van der Waals surface area contributed by atoms with Crippen molar-refractivity contribution in [2.24, 2.45) is 0 Å². The predicted molar refractivity (Wildman–Crippen MR) is 53.0 cm³/mol. The van der Waals surface area contributed by atoms with Crippen molar-refractivity contribution >= 4 is 11.6 Å². The molecule has 4 nitrogen and oxygen atoms in total. The lowest BCUT2D eigenvalue weighted by molar-refractivity contribution is 0.0948. The fourth-order valence-electron chi connectivity index (χ4n) is 1.23. The SMILES string of the molecule is Nc1ccc(C(=O)NC2CC2)c(O)c1. The Morgan fingerprint density at radius 3 is 2.79 bits per heavy atom. The van der Waals surface area contributed by atoms with E-state index in [0.717, 1.165) is 12.8 Å². The molecular weight excluding hydrogens is 180 g/mol. The highest BCUT2D eigenvalue weighted by atomic mass is 16.3. The number of nitrogen functional groups attached to an aromatic ring is 1. The number of amides is 1. The first-order chi connectivity index (χ1) is 6.66. The van der Waals surface area contributed by atoms with Gasteiger partial charge in [0.25, 0.3) is 5.91 Å². The van der Waals surface area contributed by atoms with Crippen LogP contribution in [0.15, 0.2) is 18.2 Å². The second-order valence-corrected chi connectivity index (χ2v) is 3.52. The molecule has 2 rings (SSSR count). The predicted octanol–water partition coefficient (Wildman–Crippen LogP) is 0.867. The summed E-state index contributed by atoms with van der Waals surface area (Å²) in [7, 11) is 0. The summed E-state index contributed by atoms with van der Waals surface area (Å²) in [4.78, 5) is 11.5. The maximum absolute atomic E-state index is 11.5. The van der Waals surface area contributed by atoms with Crippen LogP contribution in [-0.4, -0.2) is 17.1 Å². The highest BCUT2D eigenvalue weighted by Gasteiger charge is 2.24. The first-order valence-electron chi connectivity index (χ1n) is 4.56. The fourth-order valence-corrected chi connectivity index (χ4v) is 1.23. The van der Waals surface area contributed by atoms with Gasteiger partial charge in [-0.15, -0.1) is 0 Å². The zero-order chi connectivity index (χ0) is 10.1. The summed E-state index contributed by atoms with van der Waals surface area (Å²) in [5.41, 5.74) is 6.18. The van der Waals surface area contributed by atoms with E-state index in [1.165, 1.54) is 12.1 Å². The zero-order valence-electron chi connectivity index (χ0n) is 7.66. The number of carbonyl (C=O) groups excluding carboxylic acids is 1. The summed E-state index contributed by atoms with van der Waals surface area (Å²) in [6.45, 7) is 0. The molecule has 0 bridgehead atoms. The average molecular weight is 192 g/mol. The van der Waals surface area contributed by atoms with Crippen LogP contribution in [0, 0.1) is 0 Å². The Bertz CT molecular complexity index is 372. The molecule has 1 aliphatic rings. The summed E-state index contributed by atoms with van der Waals surface area (Å²) in [5.74, 6) is -0.298. The molecule has 0 unspecified atom stereocenters. The third-order valence-corrected chi connectivity index (χ3v) is 2.18. The second kappa shape index (κ2) is 3.21. The van der Waals surface area contributed by atoms with Gasteiger partial charge in [-0.2, -0.15) is 0 Å².